The van der Waals surface area contributed by atoms with Crippen LogP contribution in [0.5, 0.6) is 0 Å². The normalized spacial score (nSPS) is 15.3. The molecule has 0 heterocycles. The topological polar surface area (TPSA) is 20.2 Å². The molecule has 0 bridgehead atoms. The summed E-state index contributed by atoms with van der Waals surface area (Å²) in [4.78, 5) is 0. The Balaban J connectivity index is 1.97. The van der Waals surface area contributed by atoms with Crippen LogP contribution in [0.1, 0.15) is 40.3 Å². The van der Waals surface area contributed by atoms with Gasteiger partial charge in [-0.2, -0.15) is 0 Å². The van der Waals surface area contributed by atoms with Gasteiger partial charge in [0.15, 0.2) is 0 Å². The fourth-order valence-corrected chi connectivity index (χ4v) is 3.51. The van der Waals surface area contributed by atoms with E-state index in [0.717, 1.165) is 22.0 Å². The van der Waals surface area contributed by atoms with Gasteiger partial charge in [0.1, 0.15) is 6.10 Å². The molecule has 1 unspecified atom stereocenters. The molecule has 1 nitrogen and oxygen atoms in total. The SMILES string of the molecule is Cc1ccc(C(O)c2ccc3c(c2)CCC3)c(Br)c1. The van der Waals surface area contributed by atoms with Crippen LogP contribution in [0.2, 0.25) is 0 Å². The van der Waals surface area contributed by atoms with Crippen molar-refractivity contribution >= 4 is 15.9 Å². The Morgan fingerprint density at radius 2 is 1.84 bits per heavy atom. The van der Waals surface area contributed by atoms with Crippen molar-refractivity contribution in [2.75, 3.05) is 0 Å². The highest BCUT2D eigenvalue weighted by atomic mass is 79.9. The fourth-order valence-electron chi connectivity index (χ4n) is 2.80. The number of rotatable bonds is 2. The minimum Gasteiger partial charge on any atom is -0.384 e. The smallest absolute Gasteiger partial charge is 0.105 e. The Morgan fingerprint density at radius 1 is 1.05 bits per heavy atom. The van der Waals surface area contributed by atoms with E-state index in [1.807, 2.05) is 18.2 Å². The first kappa shape index (κ1) is 12.9. The fraction of sp³-hybridized carbons (Fsp3) is 0.294. The van der Waals surface area contributed by atoms with Crippen molar-refractivity contribution in [1.82, 2.24) is 0 Å². The number of fused-ring (bicyclic) bond motifs is 1. The number of aliphatic hydroxyl groups is 1. The zero-order valence-corrected chi connectivity index (χ0v) is 12.6. The molecule has 2 heteroatoms. The highest BCUT2D eigenvalue weighted by Gasteiger charge is 2.17. The Morgan fingerprint density at radius 3 is 2.63 bits per heavy atom. The maximum absolute atomic E-state index is 10.6. The molecule has 1 aliphatic rings. The van der Waals surface area contributed by atoms with Crippen molar-refractivity contribution in [2.45, 2.75) is 32.3 Å². The second-order valence-corrected chi connectivity index (χ2v) is 6.16. The van der Waals surface area contributed by atoms with Crippen LogP contribution in [-0.2, 0) is 12.8 Å². The van der Waals surface area contributed by atoms with Crippen LogP contribution in [0.15, 0.2) is 40.9 Å². The number of benzene rings is 2. The first-order chi connectivity index (χ1) is 9.15. The minimum atomic E-state index is -0.555. The molecular formula is C17H17BrO. The molecule has 2 aromatic carbocycles. The van der Waals surface area contributed by atoms with E-state index in [-0.39, 0.29) is 0 Å². The van der Waals surface area contributed by atoms with Gasteiger partial charge in [0, 0.05) is 4.47 Å². The summed E-state index contributed by atoms with van der Waals surface area (Å²) in [5.41, 5.74) is 5.96. The standard InChI is InChI=1S/C17H17BrO/c1-11-5-8-15(16(18)9-11)17(19)14-7-6-12-3-2-4-13(12)10-14/h5-10,17,19H,2-4H2,1H3. The monoisotopic (exact) mass is 316 g/mol. The summed E-state index contributed by atoms with van der Waals surface area (Å²) in [7, 11) is 0. The Kier molecular flexibility index (Phi) is 3.46. The first-order valence-corrected chi connectivity index (χ1v) is 7.50. The number of hydrogen-bond acceptors (Lipinski definition) is 1. The van der Waals surface area contributed by atoms with Gasteiger partial charge in [-0.05, 0) is 60.1 Å². The summed E-state index contributed by atoms with van der Waals surface area (Å²) in [6, 6.07) is 12.5. The summed E-state index contributed by atoms with van der Waals surface area (Å²) in [5.74, 6) is 0. The van der Waals surface area contributed by atoms with Crippen LogP contribution in [0.4, 0.5) is 0 Å². The summed E-state index contributed by atoms with van der Waals surface area (Å²) in [6.07, 6.45) is 3.01. The van der Waals surface area contributed by atoms with Gasteiger partial charge >= 0.3 is 0 Å². The predicted octanol–water partition coefficient (Wildman–Crippen LogP) is 4.33. The van der Waals surface area contributed by atoms with Crippen molar-refractivity contribution in [3.05, 3.63) is 68.7 Å². The van der Waals surface area contributed by atoms with Gasteiger partial charge in [0.05, 0.1) is 0 Å². The second-order valence-electron chi connectivity index (χ2n) is 5.31. The van der Waals surface area contributed by atoms with Crippen molar-refractivity contribution in [1.29, 1.82) is 0 Å². The van der Waals surface area contributed by atoms with E-state index < -0.39 is 6.10 Å². The van der Waals surface area contributed by atoms with E-state index >= 15 is 0 Å². The third-order valence-corrected chi connectivity index (χ3v) is 4.58. The number of aryl methyl sites for hydroxylation is 3. The Labute approximate surface area is 122 Å². The lowest BCUT2D eigenvalue weighted by Gasteiger charge is -2.15. The molecule has 1 atom stereocenters. The van der Waals surface area contributed by atoms with Crippen molar-refractivity contribution in [3.8, 4) is 0 Å². The maximum atomic E-state index is 10.6. The summed E-state index contributed by atoms with van der Waals surface area (Å²) < 4.78 is 0.973. The molecule has 98 valence electrons. The van der Waals surface area contributed by atoms with Gasteiger partial charge in [-0.15, -0.1) is 0 Å². The van der Waals surface area contributed by atoms with Crippen LogP contribution in [0.25, 0.3) is 0 Å². The largest absolute Gasteiger partial charge is 0.384 e. The lowest BCUT2D eigenvalue weighted by Crippen LogP contribution is -2.02. The van der Waals surface area contributed by atoms with E-state index in [4.69, 9.17) is 0 Å². The third-order valence-electron chi connectivity index (χ3n) is 3.89. The van der Waals surface area contributed by atoms with Gasteiger partial charge in [-0.25, -0.2) is 0 Å². The highest BCUT2D eigenvalue weighted by molar-refractivity contribution is 9.10. The first-order valence-electron chi connectivity index (χ1n) is 6.71. The average Bonchev–Trinajstić information content (AvgIpc) is 2.85. The van der Waals surface area contributed by atoms with E-state index in [9.17, 15) is 5.11 Å². The maximum Gasteiger partial charge on any atom is 0.105 e. The molecule has 0 spiro atoms. The Bertz CT molecular complexity index is 619. The lowest BCUT2D eigenvalue weighted by atomic mass is 9.97. The molecule has 2 aromatic rings. The highest BCUT2D eigenvalue weighted by Crippen LogP contribution is 2.32. The number of hydrogen-bond donors (Lipinski definition) is 1. The molecule has 19 heavy (non-hydrogen) atoms. The van der Waals surface area contributed by atoms with E-state index in [1.54, 1.807) is 0 Å². The van der Waals surface area contributed by atoms with Gasteiger partial charge < -0.3 is 5.11 Å². The van der Waals surface area contributed by atoms with Gasteiger partial charge in [0.2, 0.25) is 0 Å². The van der Waals surface area contributed by atoms with E-state index in [0.29, 0.717) is 0 Å². The molecule has 0 aliphatic heterocycles. The number of aliphatic hydroxyl groups excluding tert-OH is 1. The van der Waals surface area contributed by atoms with Crippen LogP contribution >= 0.6 is 15.9 Å². The molecule has 1 aliphatic carbocycles. The quantitative estimate of drug-likeness (QED) is 0.874. The predicted molar refractivity (Wildman–Crippen MR) is 81.4 cm³/mol. The van der Waals surface area contributed by atoms with Gasteiger partial charge in [0.25, 0.3) is 0 Å². The number of halogens is 1. The minimum absolute atomic E-state index is 0.555. The molecule has 3 rings (SSSR count). The summed E-state index contributed by atoms with van der Waals surface area (Å²) in [5, 5.41) is 10.6. The van der Waals surface area contributed by atoms with E-state index in [1.165, 1.54) is 29.5 Å². The van der Waals surface area contributed by atoms with Crippen LogP contribution < -0.4 is 0 Å². The zero-order chi connectivity index (χ0) is 13.4. The molecule has 1 N–H and O–H groups in total. The molecule has 0 saturated carbocycles. The summed E-state index contributed by atoms with van der Waals surface area (Å²) >= 11 is 3.55. The van der Waals surface area contributed by atoms with Crippen LogP contribution in [-0.4, -0.2) is 5.11 Å². The average molecular weight is 317 g/mol. The van der Waals surface area contributed by atoms with Crippen molar-refractivity contribution in [2.24, 2.45) is 0 Å². The Hall–Kier alpha value is -1.12. The molecule has 0 saturated heterocycles. The molecule has 0 radical (unpaired) electrons. The van der Waals surface area contributed by atoms with Crippen LogP contribution in [0.3, 0.4) is 0 Å². The lowest BCUT2D eigenvalue weighted by molar-refractivity contribution is 0.219. The zero-order valence-electron chi connectivity index (χ0n) is 11.0. The third kappa shape index (κ3) is 2.47. The van der Waals surface area contributed by atoms with Gasteiger partial charge in [-0.1, -0.05) is 46.3 Å². The molecule has 0 amide bonds. The molecule has 0 aromatic heterocycles. The molecular weight excluding hydrogens is 300 g/mol. The van der Waals surface area contributed by atoms with Crippen molar-refractivity contribution in [3.63, 3.8) is 0 Å². The van der Waals surface area contributed by atoms with Crippen molar-refractivity contribution < 1.29 is 5.11 Å². The van der Waals surface area contributed by atoms with E-state index in [2.05, 4.69) is 41.1 Å². The van der Waals surface area contributed by atoms with Gasteiger partial charge in [-0.3, -0.25) is 0 Å². The second kappa shape index (κ2) is 5.10. The molecule has 0 fully saturated rings. The summed E-state index contributed by atoms with van der Waals surface area (Å²) in [6.45, 7) is 2.05. The van der Waals surface area contributed by atoms with Crippen LogP contribution in [0, 0.1) is 6.92 Å².